The van der Waals surface area contributed by atoms with Crippen LogP contribution < -0.4 is 5.32 Å². The van der Waals surface area contributed by atoms with Gasteiger partial charge in [0.2, 0.25) is 0 Å². The maximum atomic E-state index is 4.93. The summed E-state index contributed by atoms with van der Waals surface area (Å²) in [5.41, 5.74) is 2.97. The van der Waals surface area contributed by atoms with Gasteiger partial charge in [0.1, 0.15) is 5.82 Å². The molecule has 20 heavy (non-hydrogen) atoms. The summed E-state index contributed by atoms with van der Waals surface area (Å²) >= 11 is 0. The van der Waals surface area contributed by atoms with Crippen LogP contribution in [0.1, 0.15) is 76.0 Å². The van der Waals surface area contributed by atoms with Gasteiger partial charge in [-0.05, 0) is 43.6 Å². The van der Waals surface area contributed by atoms with Crippen molar-refractivity contribution < 1.29 is 0 Å². The Kier molecular flexibility index (Phi) is 3.57. The van der Waals surface area contributed by atoms with Crippen molar-refractivity contribution in [1.29, 1.82) is 0 Å². The van der Waals surface area contributed by atoms with Gasteiger partial charge in [-0.2, -0.15) is 0 Å². The summed E-state index contributed by atoms with van der Waals surface area (Å²) in [6.07, 6.45) is 6.81. The van der Waals surface area contributed by atoms with Crippen LogP contribution in [0, 0.1) is 11.3 Å². The lowest BCUT2D eigenvalue weighted by molar-refractivity contribution is 0.253. The van der Waals surface area contributed by atoms with Crippen LogP contribution >= 0.6 is 0 Å². The second-order valence-corrected chi connectivity index (χ2v) is 7.50. The van der Waals surface area contributed by atoms with Gasteiger partial charge in [0.15, 0.2) is 0 Å². The van der Waals surface area contributed by atoms with Crippen molar-refractivity contribution in [3.05, 3.63) is 23.3 Å². The average molecular weight is 273 g/mol. The van der Waals surface area contributed by atoms with Crippen LogP contribution in [0.5, 0.6) is 0 Å². The van der Waals surface area contributed by atoms with Crippen LogP contribution in [0.25, 0.3) is 0 Å². The number of nitrogens with zero attached hydrogens (tertiary/aromatic N) is 2. The molecule has 1 saturated carbocycles. The minimum Gasteiger partial charge on any atom is -0.310 e. The van der Waals surface area contributed by atoms with Crippen molar-refractivity contribution >= 4 is 0 Å². The van der Waals surface area contributed by atoms with Crippen LogP contribution in [0.4, 0.5) is 0 Å². The Bertz CT molecular complexity index is 495. The summed E-state index contributed by atoms with van der Waals surface area (Å²) in [6, 6.07) is 0.430. The van der Waals surface area contributed by atoms with E-state index in [1.807, 2.05) is 0 Å². The van der Waals surface area contributed by atoms with Gasteiger partial charge in [-0.15, -0.1) is 0 Å². The quantitative estimate of drug-likeness (QED) is 0.910. The summed E-state index contributed by atoms with van der Waals surface area (Å²) in [4.78, 5) is 9.59. The molecule has 2 aliphatic rings. The minimum absolute atomic E-state index is 0.333. The third-order valence-electron chi connectivity index (χ3n) is 4.78. The zero-order valence-electron chi connectivity index (χ0n) is 13.2. The van der Waals surface area contributed by atoms with Crippen LogP contribution in [-0.2, 0) is 6.42 Å². The summed E-state index contributed by atoms with van der Waals surface area (Å²) in [7, 11) is 0. The number of fused-ring (bicyclic) bond motifs is 1. The highest BCUT2D eigenvalue weighted by atomic mass is 15.0. The molecule has 3 unspecified atom stereocenters. The van der Waals surface area contributed by atoms with E-state index in [2.05, 4.69) is 44.2 Å². The molecular formula is C17H27N3. The fourth-order valence-corrected chi connectivity index (χ4v) is 3.42. The second kappa shape index (κ2) is 5.10. The van der Waals surface area contributed by atoms with Crippen molar-refractivity contribution in [3.8, 4) is 0 Å². The predicted octanol–water partition coefficient (Wildman–Crippen LogP) is 3.61. The molecule has 0 saturated heterocycles. The molecule has 0 aromatic carbocycles. The zero-order valence-corrected chi connectivity index (χ0v) is 13.2. The number of aromatic nitrogens is 2. The predicted molar refractivity (Wildman–Crippen MR) is 81.7 cm³/mol. The smallest absolute Gasteiger partial charge is 0.131 e. The third kappa shape index (κ3) is 2.73. The first-order valence-electron chi connectivity index (χ1n) is 8.09. The molecule has 0 spiro atoms. The largest absolute Gasteiger partial charge is 0.310 e. The minimum atomic E-state index is 0.333. The molecular weight excluding hydrogens is 246 g/mol. The summed E-state index contributed by atoms with van der Waals surface area (Å²) in [5, 5.41) is 3.68. The summed E-state index contributed by atoms with van der Waals surface area (Å²) in [6.45, 7) is 10.3. The Hall–Kier alpha value is -0.960. The highest BCUT2D eigenvalue weighted by Gasteiger charge is 2.38. The maximum Gasteiger partial charge on any atom is 0.131 e. The van der Waals surface area contributed by atoms with E-state index in [1.165, 1.54) is 30.5 Å². The number of hydrogen-bond donors (Lipinski definition) is 1. The lowest BCUT2D eigenvalue weighted by Gasteiger charge is -2.36. The van der Waals surface area contributed by atoms with Crippen LogP contribution in [0.15, 0.2) is 6.20 Å². The number of rotatable bonds is 4. The highest BCUT2D eigenvalue weighted by Crippen LogP contribution is 2.46. The van der Waals surface area contributed by atoms with Crippen molar-refractivity contribution in [1.82, 2.24) is 15.3 Å². The zero-order chi connectivity index (χ0) is 14.3. The molecule has 0 amide bonds. The highest BCUT2D eigenvalue weighted by molar-refractivity contribution is 5.28. The standard InChI is InChI=1S/C17H27N3/c1-5-6-18-14-8-17(3,4)9-15-13(14)10-19-16(20-15)12-7-11(12)2/h10-12,14,18H,5-9H2,1-4H3. The lowest BCUT2D eigenvalue weighted by atomic mass is 9.74. The van der Waals surface area contributed by atoms with E-state index >= 15 is 0 Å². The van der Waals surface area contributed by atoms with Gasteiger partial charge < -0.3 is 5.32 Å². The molecule has 1 aromatic rings. The monoisotopic (exact) mass is 273 g/mol. The average Bonchev–Trinajstić information content (AvgIpc) is 3.11. The van der Waals surface area contributed by atoms with E-state index in [-0.39, 0.29) is 0 Å². The first kappa shape index (κ1) is 14.0. The van der Waals surface area contributed by atoms with Gasteiger partial charge in [0.05, 0.1) is 0 Å². The van der Waals surface area contributed by atoms with E-state index in [1.54, 1.807) is 0 Å². The molecule has 0 radical (unpaired) electrons. The number of nitrogens with one attached hydrogen (secondary N) is 1. The molecule has 3 heteroatoms. The first-order valence-corrected chi connectivity index (χ1v) is 8.09. The van der Waals surface area contributed by atoms with Gasteiger partial charge in [0.25, 0.3) is 0 Å². The normalized spacial score (nSPS) is 30.9. The second-order valence-electron chi connectivity index (χ2n) is 7.50. The van der Waals surface area contributed by atoms with Gasteiger partial charge in [-0.25, -0.2) is 9.97 Å². The third-order valence-corrected chi connectivity index (χ3v) is 4.78. The van der Waals surface area contributed by atoms with Crippen LogP contribution in [0.3, 0.4) is 0 Å². The van der Waals surface area contributed by atoms with E-state index < -0.39 is 0 Å². The first-order chi connectivity index (χ1) is 9.50. The van der Waals surface area contributed by atoms with Gasteiger partial charge >= 0.3 is 0 Å². The lowest BCUT2D eigenvalue weighted by Crippen LogP contribution is -2.34. The SMILES string of the molecule is CCCNC1CC(C)(C)Cc2nc(C3CC3C)ncc21. The molecule has 0 bridgehead atoms. The molecule has 1 aromatic heterocycles. The Balaban J connectivity index is 1.88. The van der Waals surface area contributed by atoms with Crippen LogP contribution in [-0.4, -0.2) is 16.5 Å². The topological polar surface area (TPSA) is 37.8 Å². The van der Waals surface area contributed by atoms with Crippen molar-refractivity contribution in [3.63, 3.8) is 0 Å². The van der Waals surface area contributed by atoms with E-state index in [0.29, 0.717) is 17.4 Å². The van der Waals surface area contributed by atoms with Gasteiger partial charge in [0, 0.05) is 29.4 Å². The Morgan fingerprint density at radius 3 is 2.80 bits per heavy atom. The molecule has 3 rings (SSSR count). The molecule has 2 aliphatic carbocycles. The van der Waals surface area contributed by atoms with Crippen molar-refractivity contribution in [2.24, 2.45) is 11.3 Å². The van der Waals surface area contributed by atoms with Gasteiger partial charge in [-0.3, -0.25) is 0 Å². The Morgan fingerprint density at radius 2 is 2.15 bits per heavy atom. The van der Waals surface area contributed by atoms with Crippen molar-refractivity contribution in [2.45, 2.75) is 65.3 Å². The van der Waals surface area contributed by atoms with E-state index in [9.17, 15) is 0 Å². The maximum absolute atomic E-state index is 4.93. The molecule has 3 nitrogen and oxygen atoms in total. The Labute approximate surface area is 122 Å². The van der Waals surface area contributed by atoms with E-state index in [0.717, 1.165) is 24.7 Å². The molecule has 1 N–H and O–H groups in total. The fraction of sp³-hybridized carbons (Fsp3) is 0.765. The number of hydrogen-bond acceptors (Lipinski definition) is 3. The molecule has 1 fully saturated rings. The molecule has 110 valence electrons. The summed E-state index contributed by atoms with van der Waals surface area (Å²) in [5.74, 6) is 2.48. The molecule has 3 atom stereocenters. The Morgan fingerprint density at radius 1 is 1.40 bits per heavy atom. The van der Waals surface area contributed by atoms with Crippen LogP contribution in [0.2, 0.25) is 0 Å². The van der Waals surface area contributed by atoms with Crippen molar-refractivity contribution in [2.75, 3.05) is 6.54 Å². The van der Waals surface area contributed by atoms with E-state index in [4.69, 9.17) is 4.98 Å². The summed E-state index contributed by atoms with van der Waals surface area (Å²) < 4.78 is 0. The molecule has 1 heterocycles. The van der Waals surface area contributed by atoms with Gasteiger partial charge in [-0.1, -0.05) is 27.7 Å². The molecule has 0 aliphatic heterocycles. The fourth-order valence-electron chi connectivity index (χ4n) is 3.42.